The zero-order valence-corrected chi connectivity index (χ0v) is 13.1. The van der Waals surface area contributed by atoms with Gasteiger partial charge in [-0.25, -0.2) is 8.42 Å². The average molecular weight is 315 g/mol. The van der Waals surface area contributed by atoms with E-state index in [1.54, 1.807) is 10.4 Å². The van der Waals surface area contributed by atoms with Gasteiger partial charge in [0, 0.05) is 30.5 Å². The summed E-state index contributed by atoms with van der Waals surface area (Å²) in [5.41, 5.74) is 0. The van der Waals surface area contributed by atoms with Crippen LogP contribution in [0.25, 0.3) is 0 Å². The first-order valence-electron chi connectivity index (χ1n) is 7.34. The quantitative estimate of drug-likeness (QED) is 0.927. The van der Waals surface area contributed by atoms with Gasteiger partial charge in [-0.2, -0.15) is 4.31 Å². The highest BCUT2D eigenvalue weighted by atomic mass is 32.2. The predicted molar refractivity (Wildman–Crippen MR) is 79.4 cm³/mol. The van der Waals surface area contributed by atoms with Crippen molar-refractivity contribution in [3.8, 4) is 0 Å². The highest BCUT2D eigenvalue weighted by molar-refractivity contribution is 7.91. The highest BCUT2D eigenvalue weighted by Gasteiger charge is 2.42. The van der Waals surface area contributed by atoms with Crippen molar-refractivity contribution in [2.45, 2.75) is 48.8 Å². The summed E-state index contributed by atoms with van der Waals surface area (Å²) in [6.07, 6.45) is 6.13. The lowest BCUT2D eigenvalue weighted by Gasteiger charge is -2.30. The van der Waals surface area contributed by atoms with Gasteiger partial charge in [0.15, 0.2) is 0 Å². The lowest BCUT2D eigenvalue weighted by Crippen LogP contribution is -2.38. The molecular formula is C14H21NO3S2. The van der Waals surface area contributed by atoms with Crippen LogP contribution in [0.2, 0.25) is 0 Å². The Morgan fingerprint density at radius 2 is 2.05 bits per heavy atom. The summed E-state index contributed by atoms with van der Waals surface area (Å²) in [6, 6.07) is 3.74. The number of thiophene rings is 1. The SMILES string of the molecule is O=S(=O)(c1ccc(CCO)s1)N1CCC2CCCCC21. The molecule has 0 bridgehead atoms. The van der Waals surface area contributed by atoms with Crippen LogP contribution < -0.4 is 0 Å². The van der Waals surface area contributed by atoms with Gasteiger partial charge in [-0.15, -0.1) is 11.3 Å². The molecule has 2 heterocycles. The molecule has 4 nitrogen and oxygen atoms in total. The van der Waals surface area contributed by atoms with Crippen molar-refractivity contribution in [1.82, 2.24) is 4.31 Å². The molecule has 1 aliphatic carbocycles. The van der Waals surface area contributed by atoms with Crippen LogP contribution in [0.4, 0.5) is 0 Å². The molecule has 1 saturated carbocycles. The van der Waals surface area contributed by atoms with Gasteiger partial charge >= 0.3 is 0 Å². The molecule has 6 heteroatoms. The Morgan fingerprint density at radius 1 is 1.25 bits per heavy atom. The van der Waals surface area contributed by atoms with Gasteiger partial charge in [0.1, 0.15) is 4.21 Å². The van der Waals surface area contributed by atoms with E-state index in [1.165, 1.54) is 24.2 Å². The summed E-state index contributed by atoms with van der Waals surface area (Å²) < 4.78 is 27.7. The Balaban J connectivity index is 1.83. The van der Waals surface area contributed by atoms with Crippen molar-refractivity contribution < 1.29 is 13.5 Å². The Kier molecular flexibility index (Phi) is 4.17. The van der Waals surface area contributed by atoms with Gasteiger partial charge in [0.25, 0.3) is 10.0 Å². The molecular weight excluding hydrogens is 294 g/mol. The van der Waals surface area contributed by atoms with E-state index in [9.17, 15) is 8.42 Å². The molecule has 1 aliphatic heterocycles. The summed E-state index contributed by atoms with van der Waals surface area (Å²) in [4.78, 5) is 0.936. The zero-order chi connectivity index (χ0) is 14.2. The van der Waals surface area contributed by atoms with Crippen LogP contribution >= 0.6 is 11.3 Å². The average Bonchev–Trinajstić information content (AvgIpc) is 3.05. The lowest BCUT2D eigenvalue weighted by molar-refractivity contribution is 0.260. The van der Waals surface area contributed by atoms with E-state index in [4.69, 9.17) is 5.11 Å². The molecule has 2 atom stereocenters. The summed E-state index contributed by atoms with van der Waals surface area (Å²) in [5, 5.41) is 8.94. The molecule has 112 valence electrons. The Bertz CT molecular complexity index is 567. The Labute approximate surface area is 124 Å². The minimum Gasteiger partial charge on any atom is -0.396 e. The van der Waals surface area contributed by atoms with Crippen molar-refractivity contribution in [3.05, 3.63) is 17.0 Å². The minimum atomic E-state index is -3.34. The summed E-state index contributed by atoms with van der Waals surface area (Å²) >= 11 is 1.30. The van der Waals surface area contributed by atoms with Crippen LogP contribution in [0, 0.1) is 5.92 Å². The van der Waals surface area contributed by atoms with Crippen molar-refractivity contribution >= 4 is 21.4 Å². The Hall–Kier alpha value is -0.430. The molecule has 3 rings (SSSR count). The van der Waals surface area contributed by atoms with Gasteiger partial charge in [-0.1, -0.05) is 12.8 Å². The summed E-state index contributed by atoms with van der Waals surface area (Å²) in [5.74, 6) is 0.565. The van der Waals surface area contributed by atoms with Crippen LogP contribution in [0.15, 0.2) is 16.3 Å². The zero-order valence-electron chi connectivity index (χ0n) is 11.5. The normalized spacial score (nSPS) is 27.6. The third-order valence-corrected chi connectivity index (χ3v) is 8.05. The van der Waals surface area contributed by atoms with E-state index in [1.807, 2.05) is 6.07 Å². The van der Waals surface area contributed by atoms with E-state index in [0.29, 0.717) is 23.1 Å². The van der Waals surface area contributed by atoms with Crippen LogP contribution in [0.1, 0.15) is 37.0 Å². The molecule has 0 radical (unpaired) electrons. The first kappa shape index (κ1) is 14.5. The third kappa shape index (κ3) is 2.54. The maximum Gasteiger partial charge on any atom is 0.252 e. The number of fused-ring (bicyclic) bond motifs is 1. The second-order valence-corrected chi connectivity index (χ2v) is 9.00. The van der Waals surface area contributed by atoms with Crippen LogP contribution in [0.3, 0.4) is 0 Å². The van der Waals surface area contributed by atoms with E-state index >= 15 is 0 Å². The second kappa shape index (κ2) is 5.75. The number of aliphatic hydroxyl groups is 1. The smallest absolute Gasteiger partial charge is 0.252 e. The largest absolute Gasteiger partial charge is 0.396 e. The Morgan fingerprint density at radius 3 is 2.85 bits per heavy atom. The van der Waals surface area contributed by atoms with Gasteiger partial charge in [-0.05, 0) is 37.3 Å². The van der Waals surface area contributed by atoms with Gasteiger partial charge in [-0.3, -0.25) is 0 Å². The fraction of sp³-hybridized carbons (Fsp3) is 0.714. The fourth-order valence-corrected chi connectivity index (χ4v) is 6.72. The highest BCUT2D eigenvalue weighted by Crippen LogP contribution is 2.40. The molecule has 0 spiro atoms. The monoisotopic (exact) mass is 315 g/mol. The molecule has 1 aromatic heterocycles. The number of aliphatic hydroxyl groups excluding tert-OH is 1. The van der Waals surface area contributed by atoms with Crippen LogP contribution in [-0.2, 0) is 16.4 Å². The van der Waals surface area contributed by atoms with Gasteiger partial charge < -0.3 is 5.11 Å². The molecule has 0 amide bonds. The first-order chi connectivity index (χ1) is 9.63. The number of nitrogens with zero attached hydrogens (tertiary/aromatic N) is 1. The predicted octanol–water partition coefficient (Wildman–Crippen LogP) is 2.24. The van der Waals surface area contributed by atoms with E-state index < -0.39 is 10.0 Å². The molecule has 2 unspecified atom stereocenters. The van der Waals surface area contributed by atoms with E-state index in [0.717, 1.165) is 24.1 Å². The standard InChI is InChI=1S/C14H21NO3S2/c16-10-8-12-5-6-14(19-12)20(17,18)15-9-7-11-3-1-2-4-13(11)15/h5-6,11,13,16H,1-4,7-10H2. The number of hydrogen-bond acceptors (Lipinski definition) is 4. The number of hydrogen-bond donors (Lipinski definition) is 1. The third-order valence-electron chi connectivity index (χ3n) is 4.52. The topological polar surface area (TPSA) is 57.6 Å². The first-order valence-corrected chi connectivity index (χ1v) is 9.60. The molecule has 2 aliphatic rings. The summed E-state index contributed by atoms with van der Waals surface area (Å²) in [6.45, 7) is 0.735. The molecule has 1 saturated heterocycles. The van der Waals surface area contributed by atoms with Crippen molar-refractivity contribution in [3.63, 3.8) is 0 Å². The lowest BCUT2D eigenvalue weighted by atomic mass is 9.86. The summed E-state index contributed by atoms with van der Waals surface area (Å²) in [7, 11) is -3.34. The van der Waals surface area contributed by atoms with Crippen LogP contribution in [-0.4, -0.2) is 37.0 Å². The van der Waals surface area contributed by atoms with Crippen molar-refractivity contribution in [1.29, 1.82) is 0 Å². The van der Waals surface area contributed by atoms with Gasteiger partial charge in [0.05, 0.1) is 0 Å². The van der Waals surface area contributed by atoms with Crippen molar-refractivity contribution in [2.24, 2.45) is 5.92 Å². The molecule has 2 fully saturated rings. The number of rotatable bonds is 4. The minimum absolute atomic E-state index is 0.0639. The maximum absolute atomic E-state index is 12.8. The van der Waals surface area contributed by atoms with Gasteiger partial charge in [0.2, 0.25) is 0 Å². The maximum atomic E-state index is 12.8. The van der Waals surface area contributed by atoms with Crippen molar-refractivity contribution in [2.75, 3.05) is 13.2 Å². The molecule has 0 aromatic carbocycles. The van der Waals surface area contributed by atoms with E-state index in [-0.39, 0.29) is 12.6 Å². The molecule has 20 heavy (non-hydrogen) atoms. The van der Waals surface area contributed by atoms with E-state index in [2.05, 4.69) is 0 Å². The molecule has 1 aromatic rings. The second-order valence-electron chi connectivity index (χ2n) is 5.71. The number of sulfonamides is 1. The van der Waals surface area contributed by atoms with Crippen LogP contribution in [0.5, 0.6) is 0 Å². The molecule has 1 N–H and O–H groups in total. The fourth-order valence-electron chi connectivity index (χ4n) is 3.52.